The minimum atomic E-state index is -1.13. The van der Waals surface area contributed by atoms with E-state index in [1.165, 1.54) is 19.3 Å². The molecule has 0 bridgehead atoms. The SMILES string of the molecule is CCCCC(C)(OC(=O)/C=C/C(=O)O)C1CCC(C(C)(C)CC)CC1. The maximum atomic E-state index is 12.1. The molecule has 1 rings (SSSR count). The highest BCUT2D eigenvalue weighted by Crippen LogP contribution is 2.46. The summed E-state index contributed by atoms with van der Waals surface area (Å²) in [5, 5.41) is 8.68. The number of carbonyl (C=O) groups is 2. The van der Waals surface area contributed by atoms with E-state index in [9.17, 15) is 9.59 Å². The van der Waals surface area contributed by atoms with Crippen molar-refractivity contribution in [1.82, 2.24) is 0 Å². The van der Waals surface area contributed by atoms with Gasteiger partial charge in [-0.05, 0) is 62.7 Å². The van der Waals surface area contributed by atoms with Crippen molar-refractivity contribution in [1.29, 1.82) is 0 Å². The van der Waals surface area contributed by atoms with Crippen LogP contribution in [-0.4, -0.2) is 22.6 Å². The van der Waals surface area contributed by atoms with Crippen molar-refractivity contribution in [3.05, 3.63) is 12.2 Å². The molecule has 0 spiro atoms. The smallest absolute Gasteiger partial charge is 0.331 e. The van der Waals surface area contributed by atoms with E-state index < -0.39 is 17.5 Å². The van der Waals surface area contributed by atoms with Crippen molar-refractivity contribution < 1.29 is 19.4 Å². The van der Waals surface area contributed by atoms with Crippen molar-refractivity contribution >= 4 is 11.9 Å². The third-order valence-corrected chi connectivity index (χ3v) is 6.33. The zero-order chi connectivity index (χ0) is 19.1. The van der Waals surface area contributed by atoms with Gasteiger partial charge in [-0.15, -0.1) is 0 Å². The van der Waals surface area contributed by atoms with Crippen molar-refractivity contribution in [2.24, 2.45) is 17.3 Å². The van der Waals surface area contributed by atoms with Gasteiger partial charge in [0.25, 0.3) is 0 Å². The van der Waals surface area contributed by atoms with Gasteiger partial charge in [-0.25, -0.2) is 9.59 Å². The molecular formula is C21H36O4. The highest BCUT2D eigenvalue weighted by atomic mass is 16.6. The average Bonchev–Trinajstić information content (AvgIpc) is 2.58. The van der Waals surface area contributed by atoms with Crippen LogP contribution in [0.3, 0.4) is 0 Å². The van der Waals surface area contributed by atoms with E-state index in [4.69, 9.17) is 9.84 Å². The summed E-state index contributed by atoms with van der Waals surface area (Å²) in [6.45, 7) is 11.1. The van der Waals surface area contributed by atoms with Crippen molar-refractivity contribution in [2.45, 2.75) is 91.6 Å². The number of esters is 1. The Morgan fingerprint density at radius 1 is 1.04 bits per heavy atom. The predicted molar refractivity (Wildman–Crippen MR) is 100 cm³/mol. The topological polar surface area (TPSA) is 63.6 Å². The molecule has 1 atom stereocenters. The number of carbonyl (C=O) groups excluding carboxylic acids is 1. The maximum Gasteiger partial charge on any atom is 0.331 e. The van der Waals surface area contributed by atoms with Gasteiger partial charge in [0, 0.05) is 12.2 Å². The molecule has 1 fully saturated rings. The van der Waals surface area contributed by atoms with Crippen LogP contribution in [0.25, 0.3) is 0 Å². The Balaban J connectivity index is 2.78. The second-order valence-corrected chi connectivity index (χ2v) is 8.40. The largest absolute Gasteiger partial charge is 0.478 e. The van der Waals surface area contributed by atoms with Gasteiger partial charge in [-0.1, -0.05) is 40.5 Å². The highest BCUT2D eigenvalue weighted by Gasteiger charge is 2.41. The summed E-state index contributed by atoms with van der Waals surface area (Å²) in [6, 6.07) is 0. The molecule has 1 aliphatic rings. The fraction of sp³-hybridized carbons (Fsp3) is 0.810. The molecule has 0 saturated heterocycles. The van der Waals surface area contributed by atoms with Crippen molar-refractivity contribution in [2.75, 3.05) is 0 Å². The lowest BCUT2D eigenvalue weighted by Crippen LogP contribution is -2.42. The third kappa shape index (κ3) is 6.48. The van der Waals surface area contributed by atoms with E-state index in [1.807, 2.05) is 6.92 Å². The molecule has 0 amide bonds. The second kappa shape index (κ2) is 9.40. The molecule has 1 saturated carbocycles. The average molecular weight is 353 g/mol. The Labute approximate surface area is 153 Å². The van der Waals surface area contributed by atoms with Crippen LogP contribution < -0.4 is 0 Å². The summed E-state index contributed by atoms with van der Waals surface area (Å²) in [6.07, 6.45) is 10.5. The summed E-state index contributed by atoms with van der Waals surface area (Å²) < 4.78 is 5.79. The number of hydrogen-bond donors (Lipinski definition) is 1. The summed E-state index contributed by atoms with van der Waals surface area (Å²) in [5.41, 5.74) is -0.136. The molecule has 0 aromatic carbocycles. The van der Waals surface area contributed by atoms with Crippen molar-refractivity contribution in [3.63, 3.8) is 0 Å². The Hall–Kier alpha value is -1.32. The molecule has 1 aliphatic carbocycles. The molecule has 4 heteroatoms. The van der Waals surface area contributed by atoms with Gasteiger partial charge in [0.05, 0.1) is 0 Å². The van der Waals surface area contributed by atoms with E-state index >= 15 is 0 Å². The summed E-state index contributed by atoms with van der Waals surface area (Å²) in [7, 11) is 0. The first-order valence-corrected chi connectivity index (χ1v) is 9.78. The Morgan fingerprint density at radius 3 is 2.08 bits per heavy atom. The molecule has 0 aromatic rings. The Morgan fingerprint density at radius 2 is 1.60 bits per heavy atom. The fourth-order valence-electron chi connectivity index (χ4n) is 4.04. The number of carboxylic acids is 1. The Kier molecular flexibility index (Phi) is 8.17. The van der Waals surface area contributed by atoms with Crippen LogP contribution in [0.5, 0.6) is 0 Å². The summed E-state index contributed by atoms with van der Waals surface area (Å²) in [4.78, 5) is 22.7. The molecule has 25 heavy (non-hydrogen) atoms. The molecule has 0 aromatic heterocycles. The molecule has 4 nitrogen and oxygen atoms in total. The molecular weight excluding hydrogens is 316 g/mol. The maximum absolute atomic E-state index is 12.1. The number of carboxylic acid groups (broad SMARTS) is 1. The zero-order valence-electron chi connectivity index (χ0n) is 16.6. The zero-order valence-corrected chi connectivity index (χ0v) is 16.6. The van der Waals surface area contributed by atoms with Crippen molar-refractivity contribution in [3.8, 4) is 0 Å². The lowest BCUT2D eigenvalue weighted by molar-refractivity contribution is -0.161. The number of aliphatic carboxylic acids is 1. The predicted octanol–water partition coefficient (Wildman–Crippen LogP) is 5.36. The van der Waals surface area contributed by atoms with Gasteiger partial charge in [0.1, 0.15) is 5.60 Å². The van der Waals surface area contributed by atoms with E-state index in [0.29, 0.717) is 11.3 Å². The van der Waals surface area contributed by atoms with Crippen LogP contribution >= 0.6 is 0 Å². The Bertz CT molecular complexity index is 472. The molecule has 1 N–H and O–H groups in total. The molecule has 0 heterocycles. The monoisotopic (exact) mass is 352 g/mol. The minimum absolute atomic E-state index is 0.352. The van der Waals surface area contributed by atoms with Gasteiger partial charge in [0.15, 0.2) is 0 Å². The van der Waals surface area contributed by atoms with Crippen LogP contribution in [-0.2, 0) is 14.3 Å². The van der Waals surface area contributed by atoms with Gasteiger partial charge in [-0.3, -0.25) is 0 Å². The summed E-state index contributed by atoms with van der Waals surface area (Å²) >= 11 is 0. The lowest BCUT2D eigenvalue weighted by Gasteiger charge is -2.44. The number of ether oxygens (including phenoxy) is 1. The first-order valence-electron chi connectivity index (χ1n) is 9.78. The van der Waals surface area contributed by atoms with Crippen LogP contribution in [0.2, 0.25) is 0 Å². The molecule has 0 radical (unpaired) electrons. The van der Waals surface area contributed by atoms with Gasteiger partial charge >= 0.3 is 11.9 Å². The third-order valence-electron chi connectivity index (χ3n) is 6.33. The van der Waals surface area contributed by atoms with Crippen LogP contribution in [0.15, 0.2) is 12.2 Å². The standard InChI is InChI=1S/C21H36O4/c1-6-8-15-21(5,25-19(24)14-13-18(22)23)17-11-9-16(10-12-17)20(3,4)7-2/h13-14,16-17H,6-12,15H2,1-5H3,(H,22,23)/b14-13+. The van der Waals surface area contributed by atoms with Gasteiger partial charge in [-0.2, -0.15) is 0 Å². The number of hydrogen-bond acceptors (Lipinski definition) is 3. The van der Waals surface area contributed by atoms with E-state index in [0.717, 1.165) is 50.2 Å². The fourth-order valence-corrected chi connectivity index (χ4v) is 4.04. The first-order chi connectivity index (χ1) is 11.6. The second-order valence-electron chi connectivity index (χ2n) is 8.40. The normalized spacial score (nSPS) is 24.0. The molecule has 1 unspecified atom stereocenters. The molecule has 0 aliphatic heterocycles. The van der Waals surface area contributed by atoms with Crippen LogP contribution in [0.1, 0.15) is 86.0 Å². The first kappa shape index (κ1) is 21.7. The van der Waals surface area contributed by atoms with E-state index in [-0.39, 0.29) is 0 Å². The lowest BCUT2D eigenvalue weighted by atomic mass is 9.64. The number of rotatable bonds is 9. The molecule has 144 valence electrons. The minimum Gasteiger partial charge on any atom is -0.478 e. The van der Waals surface area contributed by atoms with Gasteiger partial charge < -0.3 is 9.84 Å². The van der Waals surface area contributed by atoms with Crippen LogP contribution in [0, 0.1) is 17.3 Å². The van der Waals surface area contributed by atoms with E-state index in [1.54, 1.807) is 0 Å². The van der Waals surface area contributed by atoms with E-state index in [2.05, 4.69) is 27.7 Å². The number of unbranched alkanes of at least 4 members (excludes halogenated alkanes) is 1. The van der Waals surface area contributed by atoms with Crippen LogP contribution in [0.4, 0.5) is 0 Å². The quantitative estimate of drug-likeness (QED) is 0.448. The highest BCUT2D eigenvalue weighted by molar-refractivity contribution is 5.90. The van der Waals surface area contributed by atoms with Gasteiger partial charge in [0.2, 0.25) is 0 Å². The summed E-state index contributed by atoms with van der Waals surface area (Å²) in [5.74, 6) is -0.594.